The highest BCUT2D eigenvalue weighted by molar-refractivity contribution is 5.52. The van der Waals surface area contributed by atoms with Gasteiger partial charge in [0.05, 0.1) is 6.42 Å². The van der Waals surface area contributed by atoms with Crippen molar-refractivity contribution in [3.63, 3.8) is 0 Å². The summed E-state index contributed by atoms with van der Waals surface area (Å²) in [7, 11) is 0. The predicted octanol–water partition coefficient (Wildman–Crippen LogP) is -0.454. The summed E-state index contributed by atoms with van der Waals surface area (Å²) < 4.78 is 0. The Morgan fingerprint density at radius 3 is 3.25 bits per heavy atom. The van der Waals surface area contributed by atoms with Gasteiger partial charge in [-0.25, -0.2) is 0 Å². The van der Waals surface area contributed by atoms with Gasteiger partial charge in [-0.2, -0.15) is 0 Å². The standard InChI is InChI=1S/C4H5N3O/c8-2-1-4-5-3-6-7-4/h2-3H,1H2,(H,5,6,7). The molecule has 1 N–H and O–H groups in total. The van der Waals surface area contributed by atoms with E-state index in [0.717, 1.165) is 6.29 Å². The van der Waals surface area contributed by atoms with Crippen molar-refractivity contribution in [1.82, 2.24) is 15.2 Å². The lowest BCUT2D eigenvalue weighted by Gasteiger charge is -1.76. The van der Waals surface area contributed by atoms with Crippen molar-refractivity contribution in [1.29, 1.82) is 0 Å². The quantitative estimate of drug-likeness (QED) is 0.525. The summed E-state index contributed by atoms with van der Waals surface area (Å²) in [5, 5.41) is 7.05. The number of rotatable bonds is 2. The Bertz CT molecular complexity index is 158. The number of hydrogen-bond acceptors (Lipinski definition) is 3. The number of aromatic amines is 1. The van der Waals surface area contributed by atoms with Crippen LogP contribution in [0.3, 0.4) is 0 Å². The van der Waals surface area contributed by atoms with Crippen molar-refractivity contribution < 1.29 is 4.79 Å². The van der Waals surface area contributed by atoms with E-state index in [-0.39, 0.29) is 0 Å². The normalized spacial score (nSPS) is 9.00. The van der Waals surface area contributed by atoms with E-state index in [9.17, 15) is 4.79 Å². The number of H-pyrrole nitrogens is 1. The molecule has 0 amide bonds. The van der Waals surface area contributed by atoms with Crippen LogP contribution < -0.4 is 0 Å². The zero-order chi connectivity index (χ0) is 5.82. The molecule has 4 heteroatoms. The Labute approximate surface area is 45.9 Å². The lowest BCUT2D eigenvalue weighted by atomic mass is 10.5. The first kappa shape index (κ1) is 4.96. The molecule has 1 aromatic rings. The van der Waals surface area contributed by atoms with Crippen LogP contribution in [0.2, 0.25) is 0 Å². The monoisotopic (exact) mass is 111 g/mol. The van der Waals surface area contributed by atoms with Crippen LogP contribution in [-0.4, -0.2) is 21.5 Å². The van der Waals surface area contributed by atoms with Gasteiger partial charge in [-0.3, -0.25) is 0 Å². The molecule has 0 radical (unpaired) electrons. The second-order valence-electron chi connectivity index (χ2n) is 1.31. The van der Waals surface area contributed by atoms with Gasteiger partial charge in [0.15, 0.2) is 0 Å². The van der Waals surface area contributed by atoms with Crippen LogP contribution in [0.15, 0.2) is 6.33 Å². The molecule has 0 spiro atoms. The van der Waals surface area contributed by atoms with Gasteiger partial charge in [-0.15, -0.1) is 10.2 Å². The minimum Gasteiger partial charge on any atom is -0.331 e. The minimum atomic E-state index is 0.319. The lowest BCUT2D eigenvalue weighted by molar-refractivity contribution is -0.107. The van der Waals surface area contributed by atoms with Crippen molar-refractivity contribution in [3.05, 3.63) is 12.2 Å². The third-order valence-electron chi connectivity index (χ3n) is 0.744. The molecule has 0 saturated heterocycles. The average Bonchev–Trinajstić information content (AvgIpc) is 2.19. The predicted molar refractivity (Wildman–Crippen MR) is 26.2 cm³/mol. The molecule has 4 nitrogen and oxygen atoms in total. The highest BCUT2D eigenvalue weighted by atomic mass is 16.1. The van der Waals surface area contributed by atoms with E-state index < -0.39 is 0 Å². The fourth-order valence-electron chi connectivity index (χ4n) is 0.409. The number of aldehydes is 1. The summed E-state index contributed by atoms with van der Waals surface area (Å²) in [5.74, 6) is 0.611. The molecule has 0 aliphatic rings. The van der Waals surface area contributed by atoms with E-state index in [0.29, 0.717) is 12.2 Å². The van der Waals surface area contributed by atoms with E-state index in [2.05, 4.69) is 15.2 Å². The molecule has 8 heavy (non-hydrogen) atoms. The zero-order valence-corrected chi connectivity index (χ0v) is 4.16. The Morgan fingerprint density at radius 2 is 2.75 bits per heavy atom. The van der Waals surface area contributed by atoms with Crippen LogP contribution in [0.1, 0.15) is 5.82 Å². The maximum Gasteiger partial charge on any atom is 0.137 e. The molecule has 42 valence electrons. The molecule has 0 aromatic carbocycles. The van der Waals surface area contributed by atoms with Gasteiger partial charge in [0.2, 0.25) is 0 Å². The van der Waals surface area contributed by atoms with Gasteiger partial charge < -0.3 is 9.78 Å². The van der Waals surface area contributed by atoms with Crippen LogP contribution in [0.5, 0.6) is 0 Å². The van der Waals surface area contributed by atoms with Gasteiger partial charge in [-0.05, 0) is 0 Å². The summed E-state index contributed by atoms with van der Waals surface area (Å²) in [6, 6.07) is 0. The van der Waals surface area contributed by atoms with Crippen molar-refractivity contribution in [2.75, 3.05) is 0 Å². The molecule has 0 aliphatic carbocycles. The van der Waals surface area contributed by atoms with Gasteiger partial charge >= 0.3 is 0 Å². The first-order valence-electron chi connectivity index (χ1n) is 2.22. The van der Waals surface area contributed by atoms with Crippen LogP contribution in [0.25, 0.3) is 0 Å². The third-order valence-corrected chi connectivity index (χ3v) is 0.744. The molecule has 0 unspecified atom stereocenters. The smallest absolute Gasteiger partial charge is 0.137 e. The summed E-state index contributed by atoms with van der Waals surface area (Å²) in [4.78, 5) is 12.5. The number of nitrogens with one attached hydrogen (secondary N) is 1. The van der Waals surface area contributed by atoms with Crippen molar-refractivity contribution in [3.8, 4) is 0 Å². The highest BCUT2D eigenvalue weighted by Crippen LogP contribution is 1.80. The van der Waals surface area contributed by atoms with Gasteiger partial charge in [-0.1, -0.05) is 0 Å². The second kappa shape index (κ2) is 2.20. The minimum absolute atomic E-state index is 0.319. The van der Waals surface area contributed by atoms with Crippen LogP contribution in [-0.2, 0) is 11.2 Å². The first-order chi connectivity index (χ1) is 3.93. The van der Waals surface area contributed by atoms with E-state index in [1.807, 2.05) is 0 Å². The molecular weight excluding hydrogens is 106 g/mol. The van der Waals surface area contributed by atoms with E-state index in [1.54, 1.807) is 0 Å². The van der Waals surface area contributed by atoms with E-state index in [1.165, 1.54) is 6.33 Å². The fourth-order valence-corrected chi connectivity index (χ4v) is 0.409. The summed E-state index contributed by atoms with van der Waals surface area (Å²) >= 11 is 0. The molecule has 0 aliphatic heterocycles. The van der Waals surface area contributed by atoms with Crippen molar-refractivity contribution in [2.45, 2.75) is 6.42 Å². The maximum atomic E-state index is 9.78. The first-order valence-corrected chi connectivity index (χ1v) is 2.22. The molecule has 0 bridgehead atoms. The van der Waals surface area contributed by atoms with E-state index >= 15 is 0 Å². The van der Waals surface area contributed by atoms with Crippen LogP contribution in [0, 0.1) is 0 Å². The number of hydrogen-bond donors (Lipinski definition) is 1. The Kier molecular flexibility index (Phi) is 1.37. The van der Waals surface area contributed by atoms with Gasteiger partial charge in [0.1, 0.15) is 18.4 Å². The number of nitrogens with zero attached hydrogens (tertiary/aromatic N) is 2. The molecule has 1 heterocycles. The Balaban J connectivity index is 2.62. The van der Waals surface area contributed by atoms with Crippen molar-refractivity contribution >= 4 is 6.29 Å². The topological polar surface area (TPSA) is 58.6 Å². The van der Waals surface area contributed by atoms with Crippen LogP contribution >= 0.6 is 0 Å². The maximum absolute atomic E-state index is 9.78. The Morgan fingerprint density at radius 1 is 1.88 bits per heavy atom. The fraction of sp³-hybridized carbons (Fsp3) is 0.250. The zero-order valence-electron chi connectivity index (χ0n) is 4.16. The summed E-state index contributed by atoms with van der Waals surface area (Å²) in [5.41, 5.74) is 0. The van der Waals surface area contributed by atoms with Crippen LogP contribution in [0.4, 0.5) is 0 Å². The van der Waals surface area contributed by atoms with Gasteiger partial charge in [0.25, 0.3) is 0 Å². The molecular formula is C4H5N3O. The Hall–Kier alpha value is -1.19. The molecule has 1 aromatic heterocycles. The van der Waals surface area contributed by atoms with E-state index in [4.69, 9.17) is 0 Å². The molecule has 1 rings (SSSR count). The summed E-state index contributed by atoms with van der Waals surface area (Å²) in [6.45, 7) is 0. The van der Waals surface area contributed by atoms with Gasteiger partial charge in [0, 0.05) is 0 Å². The number of carbonyl (C=O) groups excluding carboxylic acids is 1. The number of carbonyl (C=O) groups is 1. The lowest BCUT2D eigenvalue weighted by Crippen LogP contribution is -1.87. The average molecular weight is 111 g/mol. The molecule has 0 saturated carbocycles. The third kappa shape index (κ3) is 0.900. The summed E-state index contributed by atoms with van der Waals surface area (Å²) in [6.07, 6.45) is 2.54. The molecule has 0 fully saturated rings. The van der Waals surface area contributed by atoms with Crippen molar-refractivity contribution in [2.24, 2.45) is 0 Å². The number of aromatic nitrogens is 3. The highest BCUT2D eigenvalue weighted by Gasteiger charge is 1.89. The molecule has 0 atom stereocenters. The SMILES string of the molecule is O=CCc1nnc[nH]1. The second-order valence-corrected chi connectivity index (χ2v) is 1.31. The largest absolute Gasteiger partial charge is 0.331 e.